The standard InChI is InChI=1S/C16H15BrN4O3S/c1-8(22)21-12(9-3-5-10(17)6-4-9)7-11(19-21)13-14(23)18-16(25)20(2)15(13)24/h3-6,12,24H,7H2,1-2H3,(H,18,23,25). The third-order valence-electron chi connectivity index (χ3n) is 4.07. The molecule has 1 atom stereocenters. The van der Waals surface area contributed by atoms with Gasteiger partial charge in [-0.05, 0) is 29.9 Å². The molecule has 25 heavy (non-hydrogen) atoms. The van der Waals surface area contributed by atoms with Crippen LogP contribution in [0.3, 0.4) is 0 Å². The number of hydrazone groups is 1. The van der Waals surface area contributed by atoms with Gasteiger partial charge in [-0.3, -0.25) is 19.1 Å². The molecule has 1 aromatic heterocycles. The highest BCUT2D eigenvalue weighted by Gasteiger charge is 2.34. The van der Waals surface area contributed by atoms with Gasteiger partial charge in [-0.2, -0.15) is 5.10 Å². The minimum Gasteiger partial charge on any atom is -0.494 e. The summed E-state index contributed by atoms with van der Waals surface area (Å²) in [6.45, 7) is 1.41. The number of aromatic nitrogens is 2. The van der Waals surface area contributed by atoms with E-state index in [-0.39, 0.29) is 28.2 Å². The smallest absolute Gasteiger partial charge is 0.264 e. The zero-order valence-corrected chi connectivity index (χ0v) is 15.9. The van der Waals surface area contributed by atoms with Gasteiger partial charge >= 0.3 is 0 Å². The molecule has 0 bridgehead atoms. The summed E-state index contributed by atoms with van der Waals surface area (Å²) in [5.74, 6) is -0.518. The number of nitrogens with one attached hydrogen (secondary N) is 1. The van der Waals surface area contributed by atoms with Crippen molar-refractivity contribution in [3.63, 3.8) is 0 Å². The Morgan fingerprint density at radius 3 is 2.64 bits per heavy atom. The maximum Gasteiger partial charge on any atom is 0.264 e. The Balaban J connectivity index is 2.08. The first-order valence-corrected chi connectivity index (χ1v) is 8.65. The molecule has 3 rings (SSSR count). The van der Waals surface area contributed by atoms with E-state index in [1.807, 2.05) is 24.3 Å². The van der Waals surface area contributed by atoms with Crippen LogP contribution in [0.2, 0.25) is 0 Å². The topological polar surface area (TPSA) is 90.7 Å². The van der Waals surface area contributed by atoms with Crippen LogP contribution < -0.4 is 5.56 Å². The molecule has 1 aliphatic heterocycles. The molecule has 2 N–H and O–H groups in total. The second kappa shape index (κ2) is 6.57. The van der Waals surface area contributed by atoms with Crippen LogP contribution in [0, 0.1) is 4.77 Å². The molecular weight excluding hydrogens is 408 g/mol. The highest BCUT2D eigenvalue weighted by molar-refractivity contribution is 9.10. The lowest BCUT2D eigenvalue weighted by Crippen LogP contribution is -2.24. The minimum atomic E-state index is -0.528. The van der Waals surface area contributed by atoms with Crippen molar-refractivity contribution in [3.8, 4) is 5.88 Å². The molecule has 1 amide bonds. The Kier molecular flexibility index (Phi) is 4.61. The van der Waals surface area contributed by atoms with E-state index < -0.39 is 5.56 Å². The predicted molar refractivity (Wildman–Crippen MR) is 99.1 cm³/mol. The van der Waals surface area contributed by atoms with Gasteiger partial charge in [0.05, 0.1) is 11.8 Å². The van der Waals surface area contributed by atoms with Crippen molar-refractivity contribution in [2.45, 2.75) is 19.4 Å². The summed E-state index contributed by atoms with van der Waals surface area (Å²) in [6, 6.07) is 7.19. The second-order valence-corrected chi connectivity index (χ2v) is 7.00. The molecule has 9 heteroatoms. The molecule has 0 fully saturated rings. The van der Waals surface area contributed by atoms with Crippen LogP contribution >= 0.6 is 28.1 Å². The first-order valence-electron chi connectivity index (χ1n) is 7.45. The van der Waals surface area contributed by atoms with E-state index >= 15 is 0 Å². The molecule has 0 aliphatic carbocycles. The summed E-state index contributed by atoms with van der Waals surface area (Å²) in [5.41, 5.74) is 0.728. The largest absolute Gasteiger partial charge is 0.494 e. The molecule has 1 unspecified atom stereocenters. The van der Waals surface area contributed by atoms with E-state index in [0.29, 0.717) is 12.1 Å². The summed E-state index contributed by atoms with van der Waals surface area (Å²) < 4.78 is 2.32. The molecule has 0 radical (unpaired) electrons. The normalized spacial score (nSPS) is 16.8. The predicted octanol–water partition coefficient (Wildman–Crippen LogP) is 2.61. The van der Waals surface area contributed by atoms with Gasteiger partial charge in [0.2, 0.25) is 11.8 Å². The Morgan fingerprint density at radius 2 is 2.04 bits per heavy atom. The number of carbonyl (C=O) groups is 1. The fourth-order valence-electron chi connectivity index (χ4n) is 2.77. The molecule has 0 saturated heterocycles. The fourth-order valence-corrected chi connectivity index (χ4v) is 3.21. The van der Waals surface area contributed by atoms with Crippen LogP contribution in [-0.2, 0) is 11.8 Å². The van der Waals surface area contributed by atoms with Gasteiger partial charge in [0, 0.05) is 24.9 Å². The highest BCUT2D eigenvalue weighted by Crippen LogP contribution is 2.34. The number of benzene rings is 1. The number of hydrogen-bond acceptors (Lipinski definition) is 5. The quantitative estimate of drug-likeness (QED) is 0.727. The SMILES string of the molecule is CC(=O)N1N=C(c2c(O)n(C)c(=S)[nH]c2=O)CC1c1ccc(Br)cc1. The number of nitrogens with zero attached hydrogens (tertiary/aromatic N) is 3. The maximum atomic E-state index is 12.3. The first-order chi connectivity index (χ1) is 11.8. The van der Waals surface area contributed by atoms with E-state index in [9.17, 15) is 14.7 Å². The highest BCUT2D eigenvalue weighted by atomic mass is 79.9. The molecule has 1 aliphatic rings. The average Bonchev–Trinajstić information content (AvgIpc) is 2.98. The maximum absolute atomic E-state index is 12.3. The fraction of sp³-hybridized carbons (Fsp3) is 0.250. The summed E-state index contributed by atoms with van der Waals surface area (Å²) in [4.78, 5) is 26.8. The summed E-state index contributed by atoms with van der Waals surface area (Å²) >= 11 is 8.36. The number of carbonyl (C=O) groups excluding carboxylic acids is 1. The molecular formula is C16H15BrN4O3S. The van der Waals surface area contributed by atoms with Crippen LogP contribution in [0.25, 0.3) is 0 Å². The summed E-state index contributed by atoms with van der Waals surface area (Å²) in [6.07, 6.45) is 0.314. The number of aromatic hydroxyl groups is 1. The number of aromatic amines is 1. The number of rotatable bonds is 2. The summed E-state index contributed by atoms with van der Waals surface area (Å²) in [7, 11) is 1.54. The van der Waals surface area contributed by atoms with Gasteiger partial charge in [0.15, 0.2) is 4.77 Å². The van der Waals surface area contributed by atoms with Crippen molar-refractivity contribution in [2.24, 2.45) is 12.1 Å². The Labute approximate surface area is 156 Å². The van der Waals surface area contributed by atoms with E-state index in [1.165, 1.54) is 16.5 Å². The average molecular weight is 423 g/mol. The Hall–Kier alpha value is -2.26. The second-order valence-electron chi connectivity index (χ2n) is 5.70. The van der Waals surface area contributed by atoms with Crippen molar-refractivity contribution in [1.29, 1.82) is 0 Å². The van der Waals surface area contributed by atoms with Crippen molar-refractivity contribution in [1.82, 2.24) is 14.6 Å². The molecule has 0 saturated carbocycles. The van der Waals surface area contributed by atoms with Crippen molar-refractivity contribution >= 4 is 39.8 Å². The minimum absolute atomic E-state index is 0.0296. The molecule has 2 aromatic rings. The monoisotopic (exact) mass is 422 g/mol. The van der Waals surface area contributed by atoms with E-state index in [0.717, 1.165) is 10.0 Å². The summed E-state index contributed by atoms with van der Waals surface area (Å²) in [5, 5.41) is 15.9. The van der Waals surface area contributed by atoms with Gasteiger partial charge in [-0.1, -0.05) is 28.1 Å². The first kappa shape index (κ1) is 17.6. The zero-order valence-electron chi connectivity index (χ0n) is 13.5. The molecule has 2 heterocycles. The van der Waals surface area contributed by atoms with Crippen molar-refractivity contribution < 1.29 is 9.90 Å². The van der Waals surface area contributed by atoms with Crippen LogP contribution in [0.15, 0.2) is 38.6 Å². The lowest BCUT2D eigenvalue weighted by molar-refractivity contribution is -0.130. The molecule has 130 valence electrons. The van der Waals surface area contributed by atoms with Gasteiger partial charge in [-0.25, -0.2) is 5.01 Å². The number of halogens is 1. The molecule has 0 spiro atoms. The Morgan fingerprint density at radius 1 is 1.40 bits per heavy atom. The number of hydrogen-bond donors (Lipinski definition) is 2. The third kappa shape index (κ3) is 3.16. The van der Waals surface area contributed by atoms with Crippen LogP contribution in [-0.4, -0.2) is 31.3 Å². The van der Waals surface area contributed by atoms with Gasteiger partial charge in [-0.15, -0.1) is 0 Å². The van der Waals surface area contributed by atoms with Gasteiger partial charge in [0.25, 0.3) is 5.56 Å². The van der Waals surface area contributed by atoms with E-state index in [4.69, 9.17) is 12.2 Å². The van der Waals surface area contributed by atoms with Gasteiger partial charge in [0.1, 0.15) is 5.56 Å². The Bertz CT molecular complexity index is 994. The lowest BCUT2D eigenvalue weighted by Gasteiger charge is -2.20. The number of H-pyrrole nitrogens is 1. The van der Waals surface area contributed by atoms with Crippen molar-refractivity contribution in [2.75, 3.05) is 0 Å². The zero-order chi connectivity index (χ0) is 18.3. The lowest BCUT2D eigenvalue weighted by atomic mass is 9.99. The number of amides is 1. The van der Waals surface area contributed by atoms with Crippen LogP contribution in [0.5, 0.6) is 5.88 Å². The van der Waals surface area contributed by atoms with Crippen LogP contribution in [0.1, 0.15) is 30.5 Å². The van der Waals surface area contributed by atoms with E-state index in [2.05, 4.69) is 26.0 Å². The van der Waals surface area contributed by atoms with E-state index in [1.54, 1.807) is 7.05 Å². The third-order valence-corrected chi connectivity index (χ3v) is 4.97. The van der Waals surface area contributed by atoms with Crippen LogP contribution in [0.4, 0.5) is 0 Å². The van der Waals surface area contributed by atoms with Gasteiger partial charge < -0.3 is 5.11 Å². The van der Waals surface area contributed by atoms with Crippen molar-refractivity contribution in [3.05, 3.63) is 55.0 Å². The molecule has 1 aromatic carbocycles. The molecule has 7 nitrogen and oxygen atoms in total.